The minimum absolute atomic E-state index is 0.459. The van der Waals surface area contributed by atoms with E-state index >= 15 is 0 Å². The van der Waals surface area contributed by atoms with Crippen LogP contribution in [0.5, 0.6) is 0 Å². The van der Waals surface area contributed by atoms with E-state index < -0.39 is 6.10 Å². The quantitative estimate of drug-likeness (QED) is 0.483. The van der Waals surface area contributed by atoms with Crippen LogP contribution < -0.4 is 0 Å². The summed E-state index contributed by atoms with van der Waals surface area (Å²) in [5.74, 6) is 5.69. The second-order valence-electron chi connectivity index (χ2n) is 2.45. The number of rotatable bonds is 4. The number of hydrogen-bond acceptors (Lipinski definition) is 1. The van der Waals surface area contributed by atoms with Gasteiger partial charge >= 0.3 is 0 Å². The first-order valence-corrected chi connectivity index (χ1v) is 4.08. The molecule has 1 unspecified atom stereocenters. The van der Waals surface area contributed by atoms with E-state index in [0.29, 0.717) is 6.42 Å². The highest BCUT2D eigenvalue weighted by molar-refractivity contribution is 5.04. The van der Waals surface area contributed by atoms with E-state index in [4.69, 9.17) is 0 Å². The first kappa shape index (κ1) is 10.3. The summed E-state index contributed by atoms with van der Waals surface area (Å²) in [6.45, 7) is 5.64. The molecule has 0 rings (SSSR count). The minimum Gasteiger partial charge on any atom is -0.380 e. The van der Waals surface area contributed by atoms with Crippen LogP contribution in [-0.4, -0.2) is 11.2 Å². The van der Waals surface area contributed by atoms with E-state index in [1.165, 1.54) is 0 Å². The molecule has 1 nitrogen and oxygen atoms in total. The maximum absolute atomic E-state index is 9.19. The van der Waals surface area contributed by atoms with Crippen LogP contribution in [0.15, 0.2) is 12.7 Å². The third-order valence-electron chi connectivity index (χ3n) is 1.29. The molecule has 0 radical (unpaired) electrons. The largest absolute Gasteiger partial charge is 0.380 e. The van der Waals surface area contributed by atoms with Crippen molar-refractivity contribution in [2.24, 2.45) is 0 Å². The van der Waals surface area contributed by atoms with E-state index in [9.17, 15) is 5.11 Å². The van der Waals surface area contributed by atoms with Gasteiger partial charge in [0.05, 0.1) is 0 Å². The van der Waals surface area contributed by atoms with Crippen LogP contribution in [0.1, 0.15) is 32.6 Å². The van der Waals surface area contributed by atoms with Crippen LogP contribution in [0.25, 0.3) is 0 Å². The van der Waals surface area contributed by atoms with Crippen LogP contribution in [0.4, 0.5) is 0 Å². The highest BCUT2D eigenvalue weighted by Gasteiger charge is 1.94. The Labute approximate surface area is 69.1 Å². The fourth-order valence-corrected chi connectivity index (χ4v) is 0.663. The van der Waals surface area contributed by atoms with Crippen LogP contribution in [-0.2, 0) is 0 Å². The molecule has 0 spiro atoms. The van der Waals surface area contributed by atoms with Crippen molar-refractivity contribution in [2.75, 3.05) is 0 Å². The molecule has 1 heteroatoms. The lowest BCUT2D eigenvalue weighted by atomic mass is 10.2. The molecule has 0 saturated heterocycles. The van der Waals surface area contributed by atoms with Crippen LogP contribution >= 0.6 is 0 Å². The average molecular weight is 152 g/mol. The number of aliphatic hydroxyl groups is 1. The van der Waals surface area contributed by atoms with Gasteiger partial charge in [0.2, 0.25) is 0 Å². The Morgan fingerprint density at radius 2 is 2.36 bits per heavy atom. The Morgan fingerprint density at radius 3 is 2.91 bits per heavy atom. The number of aliphatic hydroxyl groups excluding tert-OH is 1. The van der Waals surface area contributed by atoms with Gasteiger partial charge in [0, 0.05) is 6.42 Å². The first-order valence-electron chi connectivity index (χ1n) is 4.08. The van der Waals surface area contributed by atoms with E-state index in [2.05, 4.69) is 25.3 Å². The van der Waals surface area contributed by atoms with Gasteiger partial charge in [0.1, 0.15) is 6.10 Å². The molecule has 0 aromatic heterocycles. The zero-order valence-corrected chi connectivity index (χ0v) is 7.14. The van der Waals surface area contributed by atoms with Crippen molar-refractivity contribution in [3.8, 4) is 11.8 Å². The molecular formula is C10H16O. The van der Waals surface area contributed by atoms with Crippen LogP contribution in [0.3, 0.4) is 0 Å². The van der Waals surface area contributed by atoms with Gasteiger partial charge in [-0.15, -0.1) is 12.5 Å². The number of allylic oxidation sites excluding steroid dienone is 1. The average Bonchev–Trinajstić information content (AvgIpc) is 2.01. The zero-order chi connectivity index (χ0) is 8.53. The van der Waals surface area contributed by atoms with Gasteiger partial charge in [0.25, 0.3) is 0 Å². The van der Waals surface area contributed by atoms with Gasteiger partial charge in [0.15, 0.2) is 0 Å². The predicted octanol–water partition coefficient (Wildman–Crippen LogP) is 2.12. The predicted molar refractivity (Wildman–Crippen MR) is 48.1 cm³/mol. The first-order chi connectivity index (χ1) is 5.31. The van der Waals surface area contributed by atoms with E-state index in [0.717, 1.165) is 19.3 Å². The van der Waals surface area contributed by atoms with Gasteiger partial charge in [-0.25, -0.2) is 0 Å². The molecule has 62 valence electrons. The van der Waals surface area contributed by atoms with Crippen molar-refractivity contribution >= 4 is 0 Å². The van der Waals surface area contributed by atoms with Gasteiger partial charge in [-0.3, -0.25) is 0 Å². The Hall–Kier alpha value is -0.740. The molecule has 1 atom stereocenters. The monoisotopic (exact) mass is 152 g/mol. The second kappa shape index (κ2) is 7.37. The highest BCUT2D eigenvalue weighted by atomic mass is 16.3. The minimum atomic E-state index is -0.459. The molecule has 0 bridgehead atoms. The maximum atomic E-state index is 9.19. The Kier molecular flexibility index (Phi) is 6.87. The molecule has 0 aliphatic carbocycles. The van der Waals surface area contributed by atoms with E-state index in [1.807, 2.05) is 0 Å². The van der Waals surface area contributed by atoms with Crippen molar-refractivity contribution in [3.63, 3.8) is 0 Å². The summed E-state index contributed by atoms with van der Waals surface area (Å²) >= 11 is 0. The molecule has 0 aliphatic rings. The Bertz CT molecular complexity index is 150. The highest BCUT2D eigenvalue weighted by Crippen LogP contribution is 1.95. The molecule has 0 aromatic rings. The second-order valence-corrected chi connectivity index (χ2v) is 2.45. The Balaban J connectivity index is 3.43. The topological polar surface area (TPSA) is 20.2 Å². The van der Waals surface area contributed by atoms with Gasteiger partial charge in [-0.1, -0.05) is 18.9 Å². The van der Waals surface area contributed by atoms with E-state index in [-0.39, 0.29) is 0 Å². The molecule has 0 aliphatic heterocycles. The normalized spacial score (nSPS) is 11.5. The molecule has 1 N–H and O–H groups in total. The third kappa shape index (κ3) is 7.15. The van der Waals surface area contributed by atoms with Gasteiger partial charge in [-0.05, 0) is 19.3 Å². The lowest BCUT2D eigenvalue weighted by molar-refractivity contribution is 0.223. The molecule has 0 saturated carbocycles. The molecule has 11 heavy (non-hydrogen) atoms. The van der Waals surface area contributed by atoms with Gasteiger partial charge in [-0.2, -0.15) is 0 Å². The third-order valence-corrected chi connectivity index (χ3v) is 1.29. The number of hydrogen-bond donors (Lipinski definition) is 1. The van der Waals surface area contributed by atoms with Crippen LogP contribution in [0.2, 0.25) is 0 Å². The van der Waals surface area contributed by atoms with E-state index in [1.54, 1.807) is 6.08 Å². The molecule has 0 fully saturated rings. The van der Waals surface area contributed by atoms with Crippen molar-refractivity contribution < 1.29 is 5.11 Å². The summed E-state index contributed by atoms with van der Waals surface area (Å²) in [4.78, 5) is 0. The fraction of sp³-hybridized carbons (Fsp3) is 0.600. The molecular weight excluding hydrogens is 136 g/mol. The van der Waals surface area contributed by atoms with Crippen molar-refractivity contribution in [2.45, 2.75) is 38.7 Å². The summed E-state index contributed by atoms with van der Waals surface area (Å²) < 4.78 is 0. The summed E-state index contributed by atoms with van der Waals surface area (Å²) in [5.41, 5.74) is 0. The van der Waals surface area contributed by atoms with Gasteiger partial charge < -0.3 is 5.11 Å². The lowest BCUT2D eigenvalue weighted by Gasteiger charge is -1.97. The lowest BCUT2D eigenvalue weighted by Crippen LogP contribution is -2.00. The standard InChI is InChI=1S/C10H16O/c1-3-5-7-9-10(11)8-6-4-2/h4,10-11H,2-3,5-6,8H2,1H3. The summed E-state index contributed by atoms with van der Waals surface area (Å²) in [5, 5.41) is 9.19. The number of unbranched alkanes of at least 4 members (excludes halogenated alkanes) is 1. The Morgan fingerprint density at radius 1 is 1.64 bits per heavy atom. The summed E-state index contributed by atoms with van der Waals surface area (Å²) in [6, 6.07) is 0. The summed E-state index contributed by atoms with van der Waals surface area (Å²) in [6.07, 6.45) is 4.82. The SMILES string of the molecule is C=CCCC(O)C#CCCC. The summed E-state index contributed by atoms with van der Waals surface area (Å²) in [7, 11) is 0. The smallest absolute Gasteiger partial charge is 0.115 e. The zero-order valence-electron chi connectivity index (χ0n) is 7.14. The van der Waals surface area contributed by atoms with Crippen molar-refractivity contribution in [1.29, 1.82) is 0 Å². The molecule has 0 amide bonds. The maximum Gasteiger partial charge on any atom is 0.115 e. The molecule has 0 aromatic carbocycles. The molecule has 0 heterocycles. The van der Waals surface area contributed by atoms with Crippen molar-refractivity contribution in [3.05, 3.63) is 12.7 Å². The van der Waals surface area contributed by atoms with Crippen molar-refractivity contribution in [1.82, 2.24) is 0 Å². The fourth-order valence-electron chi connectivity index (χ4n) is 0.663. The van der Waals surface area contributed by atoms with Crippen LogP contribution in [0, 0.1) is 11.8 Å².